The summed E-state index contributed by atoms with van der Waals surface area (Å²) >= 11 is 0. The smallest absolute Gasteiger partial charge is 0.416 e. The number of nitrogens with zero attached hydrogens (tertiary/aromatic N) is 4. The highest BCUT2D eigenvalue weighted by atomic mass is 19.4. The maximum atomic E-state index is 13.5. The topological polar surface area (TPSA) is 103 Å². The van der Waals surface area contributed by atoms with Crippen molar-refractivity contribution in [3.8, 4) is 0 Å². The fourth-order valence-electron chi connectivity index (χ4n) is 4.66. The Balaban J connectivity index is 1.73. The summed E-state index contributed by atoms with van der Waals surface area (Å²) in [5.41, 5.74) is 0.965. The summed E-state index contributed by atoms with van der Waals surface area (Å²) in [6, 6.07) is 10.5. The maximum Gasteiger partial charge on any atom is 0.416 e. The highest BCUT2D eigenvalue weighted by molar-refractivity contribution is 5.87. The van der Waals surface area contributed by atoms with E-state index < -0.39 is 23.5 Å². The highest BCUT2D eigenvalue weighted by Gasteiger charge is 2.31. The van der Waals surface area contributed by atoms with Gasteiger partial charge in [0.2, 0.25) is 5.82 Å². The number of hydrogen-bond donors (Lipinski definition) is 3. The number of alkyl halides is 3. The van der Waals surface area contributed by atoms with E-state index in [2.05, 4.69) is 32.3 Å². The van der Waals surface area contributed by atoms with Gasteiger partial charge in [0.15, 0.2) is 11.6 Å². The molecule has 1 aliphatic rings. The van der Waals surface area contributed by atoms with E-state index in [9.17, 15) is 27.5 Å². The Morgan fingerprint density at radius 1 is 1.12 bits per heavy atom. The second-order valence-electron chi connectivity index (χ2n) is 10.2. The lowest BCUT2D eigenvalue weighted by Gasteiger charge is -2.34. The standard InChI is InChI=1S/C29H32F4N6O2/c1-17(21-9-13-23(30)14-10-21)35-16-39(15-19-7-11-22(12-8-19)29(31,32)33)24-25(34-3)37-27(28(40)41)38-26(24)36-18(2)20-5-4-6-20/h7-14,17-18,20,35H,3-6,15-16H2,1-2H3,(H,40,41)(H,36,37,38)/t17-,18+/m0/s1. The normalized spacial score (nSPS) is 15.1. The molecule has 2 atom stereocenters. The molecular formula is C29H32F4N6O2. The maximum absolute atomic E-state index is 13.5. The molecule has 1 aromatic heterocycles. The average Bonchev–Trinajstić information content (AvgIpc) is 2.89. The van der Waals surface area contributed by atoms with Gasteiger partial charge in [-0.3, -0.25) is 5.32 Å². The highest BCUT2D eigenvalue weighted by Crippen LogP contribution is 2.38. The molecule has 3 aromatic rings. The van der Waals surface area contributed by atoms with E-state index in [-0.39, 0.29) is 42.8 Å². The molecule has 3 N–H and O–H groups in total. The van der Waals surface area contributed by atoms with Crippen LogP contribution < -0.4 is 15.5 Å². The third-order valence-electron chi connectivity index (χ3n) is 7.36. The summed E-state index contributed by atoms with van der Waals surface area (Å²) in [5, 5.41) is 16.3. The van der Waals surface area contributed by atoms with Crippen molar-refractivity contribution in [2.75, 3.05) is 16.9 Å². The van der Waals surface area contributed by atoms with Gasteiger partial charge in [-0.1, -0.05) is 30.7 Å². The van der Waals surface area contributed by atoms with Crippen LogP contribution in [0.1, 0.15) is 66.5 Å². The number of rotatable bonds is 12. The largest absolute Gasteiger partial charge is 0.475 e. The van der Waals surface area contributed by atoms with E-state index >= 15 is 0 Å². The van der Waals surface area contributed by atoms with Gasteiger partial charge in [0.05, 0.1) is 12.2 Å². The summed E-state index contributed by atoms with van der Waals surface area (Å²) in [6.07, 6.45) is -1.31. The van der Waals surface area contributed by atoms with Crippen LogP contribution in [0.3, 0.4) is 0 Å². The van der Waals surface area contributed by atoms with Crippen molar-refractivity contribution in [3.05, 3.63) is 76.9 Å². The Labute approximate surface area is 235 Å². The lowest BCUT2D eigenvalue weighted by molar-refractivity contribution is -0.137. The van der Waals surface area contributed by atoms with Gasteiger partial charge >= 0.3 is 12.1 Å². The van der Waals surface area contributed by atoms with Crippen LogP contribution in [0.15, 0.2) is 53.5 Å². The Morgan fingerprint density at radius 3 is 2.32 bits per heavy atom. The molecule has 218 valence electrons. The van der Waals surface area contributed by atoms with Crippen molar-refractivity contribution in [1.82, 2.24) is 15.3 Å². The van der Waals surface area contributed by atoms with Gasteiger partial charge in [0.1, 0.15) is 11.5 Å². The van der Waals surface area contributed by atoms with Crippen LogP contribution in [-0.4, -0.2) is 40.5 Å². The minimum absolute atomic E-state index is 0.0175. The van der Waals surface area contributed by atoms with Gasteiger partial charge in [0.25, 0.3) is 0 Å². The van der Waals surface area contributed by atoms with Gasteiger partial charge in [-0.05, 0) is 74.7 Å². The lowest BCUT2D eigenvalue weighted by Crippen LogP contribution is -2.37. The third-order valence-corrected chi connectivity index (χ3v) is 7.36. The Kier molecular flexibility index (Phi) is 9.21. The van der Waals surface area contributed by atoms with Crippen LogP contribution in [-0.2, 0) is 12.7 Å². The number of hydrogen-bond acceptors (Lipinski definition) is 7. The van der Waals surface area contributed by atoms with Crippen molar-refractivity contribution in [2.45, 2.75) is 57.9 Å². The number of carbonyl (C=O) groups is 1. The molecule has 1 aliphatic carbocycles. The monoisotopic (exact) mass is 572 g/mol. The SMILES string of the molecule is C=Nc1nc(C(=O)O)nc(N[C@H](C)C2CCC2)c1N(CN[C@@H](C)c1ccc(F)cc1)Cc1ccc(C(F)(F)F)cc1. The molecule has 1 saturated carbocycles. The van der Waals surface area contributed by atoms with Crippen LogP contribution in [0.5, 0.6) is 0 Å². The first-order valence-corrected chi connectivity index (χ1v) is 13.2. The minimum atomic E-state index is -4.47. The number of aromatic nitrogens is 2. The molecule has 12 heteroatoms. The van der Waals surface area contributed by atoms with Crippen LogP contribution in [0, 0.1) is 11.7 Å². The van der Waals surface area contributed by atoms with Crippen molar-refractivity contribution in [3.63, 3.8) is 0 Å². The number of carboxylic acid groups (broad SMARTS) is 1. The fourth-order valence-corrected chi connectivity index (χ4v) is 4.66. The molecule has 8 nitrogen and oxygen atoms in total. The molecule has 1 heterocycles. The van der Waals surface area contributed by atoms with E-state index in [0.29, 0.717) is 17.2 Å². The molecule has 41 heavy (non-hydrogen) atoms. The van der Waals surface area contributed by atoms with Gasteiger partial charge in [-0.25, -0.2) is 24.1 Å². The number of anilines is 2. The first kappa shape index (κ1) is 29.9. The van der Waals surface area contributed by atoms with Crippen LogP contribution >= 0.6 is 0 Å². The quantitative estimate of drug-likeness (QED) is 0.128. The summed E-state index contributed by atoms with van der Waals surface area (Å²) in [7, 11) is 0. The van der Waals surface area contributed by atoms with Crippen LogP contribution in [0.25, 0.3) is 0 Å². The van der Waals surface area contributed by atoms with Gasteiger partial charge in [-0.2, -0.15) is 13.2 Å². The fraction of sp³-hybridized carbons (Fsp3) is 0.379. The zero-order chi connectivity index (χ0) is 29.7. The minimum Gasteiger partial charge on any atom is -0.475 e. The third kappa shape index (κ3) is 7.37. The number of benzene rings is 2. The summed E-state index contributed by atoms with van der Waals surface area (Å²) in [6.45, 7) is 7.72. The predicted octanol–water partition coefficient (Wildman–Crippen LogP) is 6.58. The molecule has 4 rings (SSSR count). The zero-order valence-electron chi connectivity index (χ0n) is 22.7. The van der Waals surface area contributed by atoms with Crippen molar-refractivity contribution >= 4 is 30.0 Å². The lowest BCUT2D eigenvalue weighted by atomic mass is 9.80. The molecule has 0 spiro atoms. The zero-order valence-corrected chi connectivity index (χ0v) is 22.7. The molecular weight excluding hydrogens is 540 g/mol. The first-order valence-electron chi connectivity index (χ1n) is 13.2. The molecule has 0 unspecified atom stereocenters. The molecule has 1 fully saturated rings. The van der Waals surface area contributed by atoms with Crippen LogP contribution in [0.2, 0.25) is 0 Å². The second-order valence-corrected chi connectivity index (χ2v) is 10.2. The number of halogens is 4. The average molecular weight is 573 g/mol. The molecule has 0 aliphatic heterocycles. The number of aromatic carboxylic acids is 1. The van der Waals surface area contributed by atoms with E-state index in [1.165, 1.54) is 24.3 Å². The van der Waals surface area contributed by atoms with Crippen molar-refractivity contribution in [2.24, 2.45) is 10.9 Å². The molecule has 0 saturated heterocycles. The number of carboxylic acids is 1. The number of aliphatic imine (C=N–C) groups is 1. The molecule has 0 bridgehead atoms. The molecule has 2 aromatic carbocycles. The summed E-state index contributed by atoms with van der Waals surface area (Å²) in [4.78, 5) is 26.0. The van der Waals surface area contributed by atoms with E-state index in [1.807, 2.05) is 13.8 Å². The van der Waals surface area contributed by atoms with Crippen molar-refractivity contribution < 1.29 is 27.5 Å². The van der Waals surface area contributed by atoms with Crippen LogP contribution in [0.4, 0.5) is 34.9 Å². The molecule has 0 amide bonds. The van der Waals surface area contributed by atoms with E-state index in [4.69, 9.17) is 0 Å². The second kappa shape index (κ2) is 12.6. The summed E-state index contributed by atoms with van der Waals surface area (Å²) < 4.78 is 53.0. The van der Waals surface area contributed by atoms with E-state index in [1.54, 1.807) is 17.0 Å². The first-order chi connectivity index (χ1) is 19.5. The van der Waals surface area contributed by atoms with Gasteiger partial charge in [-0.15, -0.1) is 0 Å². The Hall–Kier alpha value is -4.06. The summed E-state index contributed by atoms with van der Waals surface area (Å²) in [5.74, 6) is -1.52. The van der Waals surface area contributed by atoms with Crippen molar-refractivity contribution in [1.29, 1.82) is 0 Å². The predicted molar refractivity (Wildman–Crippen MR) is 149 cm³/mol. The molecule has 0 radical (unpaired) electrons. The Bertz CT molecular complexity index is 1360. The Morgan fingerprint density at radius 2 is 1.78 bits per heavy atom. The van der Waals surface area contributed by atoms with E-state index in [0.717, 1.165) is 37.0 Å². The van der Waals surface area contributed by atoms with Gasteiger partial charge in [0, 0.05) is 18.6 Å². The van der Waals surface area contributed by atoms with Gasteiger partial charge < -0.3 is 15.3 Å². The number of nitrogens with one attached hydrogen (secondary N) is 2.